The molecule has 6 heteroatoms. The minimum absolute atomic E-state index is 0.0384. The lowest BCUT2D eigenvalue weighted by atomic mass is 10.2. The van der Waals surface area contributed by atoms with Crippen LogP contribution in [0, 0.1) is 0 Å². The van der Waals surface area contributed by atoms with Crippen molar-refractivity contribution >= 4 is 11.7 Å². The second-order valence-corrected chi connectivity index (χ2v) is 3.48. The summed E-state index contributed by atoms with van der Waals surface area (Å²) in [5.74, 6) is 0.697. The first kappa shape index (κ1) is 14.0. The molecule has 0 aromatic heterocycles. The maximum absolute atomic E-state index is 10.4. The molecule has 0 aliphatic carbocycles. The lowest BCUT2D eigenvalue weighted by Crippen LogP contribution is -2.08. The van der Waals surface area contributed by atoms with Gasteiger partial charge in [-0.3, -0.25) is 4.79 Å². The van der Waals surface area contributed by atoms with Gasteiger partial charge in [0.25, 0.3) is 0 Å². The molecule has 0 radical (unpaired) electrons. The Morgan fingerprint density at radius 1 is 1.17 bits per heavy atom. The minimum Gasteiger partial charge on any atom is -0.493 e. The highest BCUT2D eigenvalue weighted by Crippen LogP contribution is 2.39. The van der Waals surface area contributed by atoms with Gasteiger partial charge in [-0.15, -0.1) is 0 Å². The summed E-state index contributed by atoms with van der Waals surface area (Å²) >= 11 is 0. The number of carbonyl (C=O) groups is 1. The highest BCUT2D eigenvalue weighted by molar-refractivity contribution is 5.68. The van der Waals surface area contributed by atoms with Gasteiger partial charge in [0.1, 0.15) is 0 Å². The smallest absolute Gasteiger partial charge is 0.305 e. The van der Waals surface area contributed by atoms with Gasteiger partial charge < -0.3 is 24.6 Å². The van der Waals surface area contributed by atoms with Crippen molar-refractivity contribution in [3.63, 3.8) is 0 Å². The summed E-state index contributed by atoms with van der Waals surface area (Å²) in [5, 5.41) is 11.5. The van der Waals surface area contributed by atoms with Crippen molar-refractivity contribution in [1.82, 2.24) is 0 Å². The van der Waals surface area contributed by atoms with Gasteiger partial charge in [-0.25, -0.2) is 0 Å². The van der Waals surface area contributed by atoms with E-state index in [1.807, 2.05) is 0 Å². The fourth-order valence-electron chi connectivity index (χ4n) is 1.50. The van der Waals surface area contributed by atoms with Crippen molar-refractivity contribution in [2.75, 3.05) is 33.2 Å². The average Bonchev–Trinajstić information content (AvgIpc) is 2.36. The molecule has 2 N–H and O–H groups in total. The SMILES string of the molecule is COc1cc(NCCC(=O)O)cc(OC)c1OC. The van der Waals surface area contributed by atoms with Gasteiger partial charge in [0.15, 0.2) is 11.5 Å². The molecule has 1 aromatic carbocycles. The molecule has 0 fully saturated rings. The molecule has 0 aliphatic heterocycles. The number of anilines is 1. The number of aliphatic carboxylic acids is 1. The van der Waals surface area contributed by atoms with Crippen LogP contribution in [0.1, 0.15) is 6.42 Å². The molecule has 0 bridgehead atoms. The van der Waals surface area contributed by atoms with Crippen LogP contribution in [-0.2, 0) is 4.79 Å². The fourth-order valence-corrected chi connectivity index (χ4v) is 1.50. The van der Waals surface area contributed by atoms with Crippen LogP contribution in [0.2, 0.25) is 0 Å². The number of carboxylic acid groups (broad SMARTS) is 1. The first-order chi connectivity index (χ1) is 8.62. The van der Waals surface area contributed by atoms with E-state index in [-0.39, 0.29) is 6.42 Å². The normalized spacial score (nSPS) is 9.72. The largest absolute Gasteiger partial charge is 0.493 e. The van der Waals surface area contributed by atoms with Gasteiger partial charge in [0.2, 0.25) is 5.75 Å². The zero-order valence-corrected chi connectivity index (χ0v) is 10.6. The van der Waals surface area contributed by atoms with Crippen molar-refractivity contribution in [3.05, 3.63) is 12.1 Å². The van der Waals surface area contributed by atoms with Gasteiger partial charge in [-0.2, -0.15) is 0 Å². The van der Waals surface area contributed by atoms with Crippen LogP contribution >= 0.6 is 0 Å². The Hall–Kier alpha value is -2.11. The number of nitrogens with one attached hydrogen (secondary N) is 1. The molecule has 0 unspecified atom stereocenters. The Morgan fingerprint density at radius 3 is 2.11 bits per heavy atom. The van der Waals surface area contributed by atoms with E-state index in [9.17, 15) is 4.79 Å². The van der Waals surface area contributed by atoms with E-state index in [2.05, 4.69) is 5.32 Å². The molecule has 100 valence electrons. The summed E-state index contributed by atoms with van der Waals surface area (Å²) < 4.78 is 15.6. The monoisotopic (exact) mass is 255 g/mol. The van der Waals surface area contributed by atoms with E-state index in [4.69, 9.17) is 19.3 Å². The molecule has 0 aliphatic rings. The third kappa shape index (κ3) is 3.44. The Kier molecular flexibility index (Phi) is 5.10. The van der Waals surface area contributed by atoms with Crippen LogP contribution in [0.15, 0.2) is 12.1 Å². The van der Waals surface area contributed by atoms with Crippen LogP contribution in [0.3, 0.4) is 0 Å². The molecular formula is C12H17NO5. The molecule has 0 saturated heterocycles. The zero-order valence-electron chi connectivity index (χ0n) is 10.6. The predicted octanol–water partition coefficient (Wildman–Crippen LogP) is 1.60. The summed E-state index contributed by atoms with van der Waals surface area (Å²) in [5.41, 5.74) is 0.714. The minimum atomic E-state index is -0.852. The standard InChI is InChI=1S/C12H17NO5/c1-16-9-6-8(13-5-4-11(14)15)7-10(17-2)12(9)18-3/h6-7,13H,4-5H2,1-3H3,(H,14,15). The zero-order chi connectivity index (χ0) is 13.5. The number of benzene rings is 1. The highest BCUT2D eigenvalue weighted by atomic mass is 16.5. The van der Waals surface area contributed by atoms with Crippen LogP contribution in [0.25, 0.3) is 0 Å². The molecule has 1 aromatic rings. The number of hydrogen-bond acceptors (Lipinski definition) is 5. The third-order valence-corrected chi connectivity index (χ3v) is 2.33. The van der Waals surface area contributed by atoms with Crippen LogP contribution in [-0.4, -0.2) is 38.9 Å². The van der Waals surface area contributed by atoms with Crippen LogP contribution in [0.5, 0.6) is 17.2 Å². The summed E-state index contributed by atoms with van der Waals surface area (Å²) in [6, 6.07) is 3.45. The number of hydrogen-bond donors (Lipinski definition) is 2. The Bertz CT molecular complexity index is 394. The molecule has 0 heterocycles. The van der Waals surface area contributed by atoms with Crippen molar-refractivity contribution in [1.29, 1.82) is 0 Å². The Labute approximate surface area is 105 Å². The van der Waals surface area contributed by atoms with E-state index in [0.717, 1.165) is 0 Å². The molecule has 6 nitrogen and oxygen atoms in total. The topological polar surface area (TPSA) is 77.0 Å². The lowest BCUT2D eigenvalue weighted by molar-refractivity contribution is -0.136. The molecule has 1 rings (SSSR count). The van der Waals surface area contributed by atoms with Gasteiger partial charge in [0, 0.05) is 24.4 Å². The van der Waals surface area contributed by atoms with Crippen molar-refractivity contribution < 1.29 is 24.1 Å². The molecule has 0 spiro atoms. The van der Waals surface area contributed by atoms with Gasteiger partial charge in [-0.1, -0.05) is 0 Å². The highest BCUT2D eigenvalue weighted by Gasteiger charge is 2.12. The molecule has 18 heavy (non-hydrogen) atoms. The first-order valence-electron chi connectivity index (χ1n) is 5.38. The molecule has 0 amide bonds. The summed E-state index contributed by atoms with van der Waals surface area (Å²) in [6.07, 6.45) is 0.0384. The van der Waals surface area contributed by atoms with Gasteiger partial charge >= 0.3 is 5.97 Å². The van der Waals surface area contributed by atoms with Gasteiger partial charge in [-0.05, 0) is 0 Å². The van der Waals surface area contributed by atoms with E-state index < -0.39 is 5.97 Å². The molecule has 0 atom stereocenters. The second-order valence-electron chi connectivity index (χ2n) is 3.48. The number of rotatable bonds is 7. The average molecular weight is 255 g/mol. The maximum atomic E-state index is 10.4. The van der Waals surface area contributed by atoms with E-state index in [1.54, 1.807) is 12.1 Å². The van der Waals surface area contributed by atoms with Crippen LogP contribution in [0.4, 0.5) is 5.69 Å². The number of methoxy groups -OCH3 is 3. The number of ether oxygens (including phenoxy) is 3. The van der Waals surface area contributed by atoms with Crippen molar-refractivity contribution in [3.8, 4) is 17.2 Å². The molecule has 0 saturated carbocycles. The lowest BCUT2D eigenvalue weighted by Gasteiger charge is -2.14. The van der Waals surface area contributed by atoms with Crippen molar-refractivity contribution in [2.45, 2.75) is 6.42 Å². The maximum Gasteiger partial charge on any atom is 0.305 e. The van der Waals surface area contributed by atoms with Gasteiger partial charge in [0.05, 0.1) is 27.8 Å². The summed E-state index contributed by atoms with van der Waals surface area (Å²) in [4.78, 5) is 10.4. The first-order valence-corrected chi connectivity index (χ1v) is 5.38. The third-order valence-electron chi connectivity index (χ3n) is 2.33. The quantitative estimate of drug-likeness (QED) is 0.770. The van der Waals surface area contributed by atoms with Crippen molar-refractivity contribution in [2.24, 2.45) is 0 Å². The van der Waals surface area contributed by atoms with Crippen LogP contribution < -0.4 is 19.5 Å². The second kappa shape index (κ2) is 6.58. The predicted molar refractivity (Wildman–Crippen MR) is 66.8 cm³/mol. The Morgan fingerprint density at radius 2 is 1.72 bits per heavy atom. The fraction of sp³-hybridized carbons (Fsp3) is 0.417. The summed E-state index contributed by atoms with van der Waals surface area (Å²) in [6.45, 7) is 0.327. The number of carboxylic acids is 1. The van der Waals surface area contributed by atoms with E-state index in [0.29, 0.717) is 29.5 Å². The van der Waals surface area contributed by atoms with E-state index >= 15 is 0 Å². The summed E-state index contributed by atoms with van der Waals surface area (Å²) in [7, 11) is 4.58. The Balaban J connectivity index is 2.89. The van der Waals surface area contributed by atoms with E-state index in [1.165, 1.54) is 21.3 Å². The molecular weight excluding hydrogens is 238 g/mol.